The van der Waals surface area contributed by atoms with Crippen molar-refractivity contribution in [2.24, 2.45) is 0 Å². The Hall–Kier alpha value is -2.16. The first-order valence-corrected chi connectivity index (χ1v) is 10.4. The van der Waals surface area contributed by atoms with E-state index in [9.17, 15) is 8.42 Å². The lowest BCUT2D eigenvalue weighted by Gasteiger charge is -2.20. The van der Waals surface area contributed by atoms with E-state index in [0.29, 0.717) is 41.5 Å². The first kappa shape index (κ1) is 18.2. The number of halogens is 1. The van der Waals surface area contributed by atoms with Gasteiger partial charge in [0, 0.05) is 26.7 Å². The smallest absolute Gasteiger partial charge is 0.297 e. The largest absolute Gasteiger partial charge is 0.486 e. The second kappa shape index (κ2) is 6.78. The zero-order valence-corrected chi connectivity index (χ0v) is 17.1. The van der Waals surface area contributed by atoms with Crippen molar-refractivity contribution in [3.63, 3.8) is 0 Å². The molecule has 6 nitrogen and oxygen atoms in total. The molecule has 8 heteroatoms. The molecule has 1 aliphatic rings. The molecule has 0 radical (unpaired) electrons. The summed E-state index contributed by atoms with van der Waals surface area (Å²) < 4.78 is 41.7. The molecule has 2 heterocycles. The van der Waals surface area contributed by atoms with Crippen molar-refractivity contribution in [1.82, 2.24) is 4.98 Å². The molecule has 0 aliphatic carbocycles. The maximum atomic E-state index is 12.4. The number of fused-ring (bicyclic) bond motifs is 3. The highest BCUT2D eigenvalue weighted by Crippen LogP contribution is 2.41. The molecule has 0 saturated carbocycles. The SMILES string of the molecule is COS(=O)(=O)c1ccc(Br)cc1-c1cc2c3c(ccc2nc1C)OCCO3. The summed E-state index contributed by atoms with van der Waals surface area (Å²) in [6, 6.07) is 10.5. The van der Waals surface area contributed by atoms with E-state index < -0.39 is 10.1 Å². The Morgan fingerprint density at radius 2 is 1.85 bits per heavy atom. The zero-order chi connectivity index (χ0) is 19.2. The first-order chi connectivity index (χ1) is 12.9. The normalized spacial score (nSPS) is 13.7. The van der Waals surface area contributed by atoms with Crippen LogP contribution in [0.1, 0.15) is 5.69 Å². The van der Waals surface area contributed by atoms with Crippen LogP contribution in [0, 0.1) is 6.92 Å². The highest BCUT2D eigenvalue weighted by Gasteiger charge is 2.23. The number of aryl methyl sites for hydroxylation is 1. The third kappa shape index (κ3) is 3.18. The molecule has 0 fully saturated rings. The summed E-state index contributed by atoms with van der Waals surface area (Å²) in [6.45, 7) is 2.79. The number of benzene rings is 2. The van der Waals surface area contributed by atoms with Crippen LogP contribution in [0.2, 0.25) is 0 Å². The molecule has 0 unspecified atom stereocenters. The number of rotatable bonds is 3. The Morgan fingerprint density at radius 3 is 2.63 bits per heavy atom. The summed E-state index contributed by atoms with van der Waals surface area (Å²) in [6.07, 6.45) is 0. The van der Waals surface area contributed by atoms with Gasteiger partial charge in [0.15, 0.2) is 11.5 Å². The topological polar surface area (TPSA) is 74.7 Å². The number of aromatic nitrogens is 1. The summed E-state index contributed by atoms with van der Waals surface area (Å²) >= 11 is 3.42. The van der Waals surface area contributed by atoms with Gasteiger partial charge >= 0.3 is 0 Å². The van der Waals surface area contributed by atoms with Gasteiger partial charge in [0.2, 0.25) is 0 Å². The lowest BCUT2D eigenvalue weighted by Crippen LogP contribution is -2.15. The fraction of sp³-hybridized carbons (Fsp3) is 0.211. The monoisotopic (exact) mass is 449 g/mol. The molecule has 2 aromatic carbocycles. The van der Waals surface area contributed by atoms with E-state index in [1.807, 2.05) is 25.1 Å². The molecule has 0 N–H and O–H groups in total. The highest BCUT2D eigenvalue weighted by molar-refractivity contribution is 9.10. The molecule has 1 aromatic heterocycles. The predicted molar refractivity (Wildman–Crippen MR) is 105 cm³/mol. The highest BCUT2D eigenvalue weighted by atomic mass is 79.9. The molecule has 27 heavy (non-hydrogen) atoms. The van der Waals surface area contributed by atoms with Crippen molar-refractivity contribution in [3.05, 3.63) is 46.6 Å². The van der Waals surface area contributed by atoms with E-state index in [1.54, 1.807) is 12.1 Å². The molecule has 0 amide bonds. The number of hydrogen-bond acceptors (Lipinski definition) is 6. The van der Waals surface area contributed by atoms with Gasteiger partial charge in [0.25, 0.3) is 10.1 Å². The first-order valence-electron chi connectivity index (χ1n) is 8.21. The molecule has 3 aromatic rings. The van der Waals surface area contributed by atoms with Crippen LogP contribution in [0.5, 0.6) is 11.5 Å². The molecular formula is C19H16BrNO5S. The quantitative estimate of drug-likeness (QED) is 0.560. The van der Waals surface area contributed by atoms with Crippen LogP contribution in [0.25, 0.3) is 22.0 Å². The van der Waals surface area contributed by atoms with E-state index >= 15 is 0 Å². The second-order valence-corrected chi connectivity index (χ2v) is 8.64. The third-order valence-electron chi connectivity index (χ3n) is 4.41. The standard InChI is InChI=1S/C19H16BrNO5S/c1-11-13(14-9-12(20)3-6-18(14)27(22,23)24-2)10-15-16(21-11)4-5-17-19(15)26-8-7-25-17/h3-6,9-10H,7-8H2,1-2H3. The summed E-state index contributed by atoms with van der Waals surface area (Å²) in [4.78, 5) is 4.74. The molecule has 140 valence electrons. The molecule has 0 atom stereocenters. The van der Waals surface area contributed by atoms with Crippen molar-refractivity contribution in [2.75, 3.05) is 20.3 Å². The van der Waals surface area contributed by atoms with Gasteiger partial charge in [-0.2, -0.15) is 8.42 Å². The van der Waals surface area contributed by atoms with Gasteiger partial charge in [-0.1, -0.05) is 15.9 Å². The number of ether oxygens (including phenoxy) is 2. The Labute approximate surface area is 165 Å². The van der Waals surface area contributed by atoms with E-state index in [-0.39, 0.29) is 4.90 Å². The van der Waals surface area contributed by atoms with Crippen LogP contribution in [0.3, 0.4) is 0 Å². The van der Waals surface area contributed by atoms with Crippen LogP contribution < -0.4 is 9.47 Å². The van der Waals surface area contributed by atoms with Gasteiger partial charge in [-0.15, -0.1) is 0 Å². The van der Waals surface area contributed by atoms with Gasteiger partial charge in [0.05, 0.1) is 12.6 Å². The lowest BCUT2D eigenvalue weighted by atomic mass is 10.0. The second-order valence-electron chi connectivity index (χ2n) is 6.04. The Kier molecular flexibility index (Phi) is 4.57. The minimum Gasteiger partial charge on any atom is -0.486 e. The van der Waals surface area contributed by atoms with Gasteiger partial charge in [-0.25, -0.2) is 0 Å². The Balaban J connectivity index is 2.03. The Bertz CT molecular complexity index is 1160. The lowest BCUT2D eigenvalue weighted by molar-refractivity contribution is 0.174. The van der Waals surface area contributed by atoms with E-state index in [0.717, 1.165) is 22.5 Å². The van der Waals surface area contributed by atoms with Crippen LogP contribution in [0.15, 0.2) is 45.8 Å². The minimum atomic E-state index is -3.89. The van der Waals surface area contributed by atoms with Gasteiger partial charge in [-0.05, 0) is 43.3 Å². The summed E-state index contributed by atoms with van der Waals surface area (Å²) in [7, 11) is -2.74. The number of pyridine rings is 1. The molecular weight excluding hydrogens is 434 g/mol. The summed E-state index contributed by atoms with van der Waals surface area (Å²) in [5.41, 5.74) is 2.64. The molecule has 1 aliphatic heterocycles. The van der Waals surface area contributed by atoms with Crippen LogP contribution in [-0.4, -0.2) is 33.7 Å². The van der Waals surface area contributed by atoms with Gasteiger partial charge < -0.3 is 9.47 Å². The maximum Gasteiger partial charge on any atom is 0.297 e. The molecule has 4 rings (SSSR count). The minimum absolute atomic E-state index is 0.0828. The van der Waals surface area contributed by atoms with Crippen molar-refractivity contribution in [3.8, 4) is 22.6 Å². The zero-order valence-electron chi connectivity index (χ0n) is 14.7. The van der Waals surface area contributed by atoms with E-state index in [2.05, 4.69) is 20.9 Å². The van der Waals surface area contributed by atoms with E-state index in [1.165, 1.54) is 6.07 Å². The van der Waals surface area contributed by atoms with Gasteiger partial charge in [-0.3, -0.25) is 9.17 Å². The van der Waals surface area contributed by atoms with Crippen molar-refractivity contribution < 1.29 is 22.1 Å². The number of nitrogens with zero attached hydrogens (tertiary/aromatic N) is 1. The molecule has 0 saturated heterocycles. The number of hydrogen-bond donors (Lipinski definition) is 0. The molecule has 0 spiro atoms. The summed E-state index contributed by atoms with van der Waals surface area (Å²) in [5.74, 6) is 1.28. The average molecular weight is 450 g/mol. The molecule has 0 bridgehead atoms. The summed E-state index contributed by atoms with van der Waals surface area (Å²) in [5, 5.41) is 0.772. The third-order valence-corrected chi connectivity index (χ3v) is 6.24. The van der Waals surface area contributed by atoms with Crippen molar-refractivity contribution >= 4 is 37.0 Å². The fourth-order valence-electron chi connectivity index (χ4n) is 3.15. The van der Waals surface area contributed by atoms with Crippen molar-refractivity contribution in [2.45, 2.75) is 11.8 Å². The van der Waals surface area contributed by atoms with Crippen molar-refractivity contribution in [1.29, 1.82) is 0 Å². The maximum absolute atomic E-state index is 12.4. The average Bonchev–Trinajstić information content (AvgIpc) is 2.67. The van der Waals surface area contributed by atoms with Gasteiger partial charge in [0.1, 0.15) is 18.1 Å². The van der Waals surface area contributed by atoms with Crippen LogP contribution >= 0.6 is 15.9 Å². The van der Waals surface area contributed by atoms with Crippen LogP contribution in [-0.2, 0) is 14.3 Å². The van der Waals surface area contributed by atoms with Crippen LogP contribution in [0.4, 0.5) is 0 Å². The van der Waals surface area contributed by atoms with E-state index in [4.69, 9.17) is 13.7 Å². The fourth-order valence-corrected chi connectivity index (χ4v) is 4.36. The Morgan fingerprint density at radius 1 is 1.07 bits per heavy atom. The predicted octanol–water partition coefficient (Wildman–Crippen LogP) is 4.08.